The Morgan fingerprint density at radius 3 is 0.795 bits per heavy atom. The van der Waals surface area contributed by atoms with Crippen LogP contribution in [0.2, 0.25) is 0 Å². The molecule has 0 heterocycles. The van der Waals surface area contributed by atoms with E-state index in [0.717, 1.165) is 89.9 Å². The van der Waals surface area contributed by atoms with E-state index in [0.29, 0.717) is 19.3 Å². The number of rotatable bonds is 58. The summed E-state index contributed by atoms with van der Waals surface area (Å²) in [6, 6.07) is 0. The molecule has 0 rings (SSSR count). The molecular formula is C67H120O6. The van der Waals surface area contributed by atoms with Crippen LogP contribution in [0.15, 0.2) is 60.8 Å². The van der Waals surface area contributed by atoms with Crippen LogP contribution in [-0.2, 0) is 28.6 Å². The normalized spacial score (nSPS) is 12.4. The minimum Gasteiger partial charge on any atom is -0.462 e. The average Bonchev–Trinajstić information content (AvgIpc) is 3.39. The smallest absolute Gasteiger partial charge is 0.306 e. The van der Waals surface area contributed by atoms with Crippen molar-refractivity contribution in [1.29, 1.82) is 0 Å². The van der Waals surface area contributed by atoms with Gasteiger partial charge in [0, 0.05) is 19.3 Å². The third kappa shape index (κ3) is 59.9. The van der Waals surface area contributed by atoms with Crippen LogP contribution >= 0.6 is 0 Å². The summed E-state index contributed by atoms with van der Waals surface area (Å²) in [6.07, 6.45) is 77.9. The summed E-state index contributed by atoms with van der Waals surface area (Å²) in [5, 5.41) is 0. The molecule has 0 aliphatic rings. The Hall–Kier alpha value is -2.89. The Morgan fingerprint density at radius 1 is 0.274 bits per heavy atom. The van der Waals surface area contributed by atoms with Crippen molar-refractivity contribution in [3.05, 3.63) is 60.8 Å². The lowest BCUT2D eigenvalue weighted by atomic mass is 10.0. The van der Waals surface area contributed by atoms with Gasteiger partial charge < -0.3 is 14.2 Å². The molecule has 0 N–H and O–H groups in total. The third-order valence-electron chi connectivity index (χ3n) is 14.0. The Morgan fingerprint density at radius 2 is 0.493 bits per heavy atom. The molecule has 0 saturated heterocycles. The maximum atomic E-state index is 12.9. The number of carbonyl (C=O) groups excluding carboxylic acids is 3. The minimum absolute atomic E-state index is 0.0809. The zero-order valence-electron chi connectivity index (χ0n) is 48.7. The van der Waals surface area contributed by atoms with E-state index in [1.54, 1.807) is 0 Å². The van der Waals surface area contributed by atoms with Gasteiger partial charge in [-0.3, -0.25) is 14.4 Å². The van der Waals surface area contributed by atoms with E-state index >= 15 is 0 Å². The molecule has 0 aliphatic heterocycles. The molecule has 0 fully saturated rings. The lowest BCUT2D eigenvalue weighted by Gasteiger charge is -2.18. The Labute approximate surface area is 453 Å². The number of unbranched alkanes of at least 4 members (excludes halogenated alkanes) is 37. The fourth-order valence-corrected chi connectivity index (χ4v) is 9.19. The second-order valence-corrected chi connectivity index (χ2v) is 21.3. The molecule has 0 radical (unpaired) electrons. The molecule has 1 atom stereocenters. The molecule has 424 valence electrons. The van der Waals surface area contributed by atoms with Gasteiger partial charge >= 0.3 is 17.9 Å². The molecule has 0 aromatic carbocycles. The van der Waals surface area contributed by atoms with E-state index in [9.17, 15) is 14.4 Å². The summed E-state index contributed by atoms with van der Waals surface area (Å²) >= 11 is 0. The van der Waals surface area contributed by atoms with Crippen molar-refractivity contribution in [3.8, 4) is 0 Å². The van der Waals surface area contributed by atoms with Crippen molar-refractivity contribution in [3.63, 3.8) is 0 Å². The van der Waals surface area contributed by atoms with Crippen molar-refractivity contribution in [2.75, 3.05) is 13.2 Å². The van der Waals surface area contributed by atoms with Gasteiger partial charge in [0.15, 0.2) is 6.10 Å². The van der Waals surface area contributed by atoms with Gasteiger partial charge in [0.25, 0.3) is 0 Å². The number of hydrogen-bond donors (Lipinski definition) is 0. The quantitative estimate of drug-likeness (QED) is 0.0261. The highest BCUT2D eigenvalue weighted by molar-refractivity contribution is 5.71. The van der Waals surface area contributed by atoms with Gasteiger partial charge in [-0.2, -0.15) is 0 Å². The highest BCUT2D eigenvalue weighted by atomic mass is 16.6. The van der Waals surface area contributed by atoms with E-state index in [2.05, 4.69) is 81.5 Å². The molecule has 0 saturated carbocycles. The molecule has 0 spiro atoms. The lowest BCUT2D eigenvalue weighted by Crippen LogP contribution is -2.30. The summed E-state index contributed by atoms with van der Waals surface area (Å²) in [6.45, 7) is 6.61. The molecule has 0 amide bonds. The zero-order chi connectivity index (χ0) is 52.9. The van der Waals surface area contributed by atoms with Gasteiger partial charge in [0.2, 0.25) is 0 Å². The summed E-state index contributed by atoms with van der Waals surface area (Å²) in [5.41, 5.74) is 0. The van der Waals surface area contributed by atoms with Gasteiger partial charge in [0.1, 0.15) is 13.2 Å². The van der Waals surface area contributed by atoms with Gasteiger partial charge in [0.05, 0.1) is 0 Å². The Bertz CT molecular complexity index is 1310. The molecule has 0 aromatic heterocycles. The topological polar surface area (TPSA) is 78.9 Å². The monoisotopic (exact) mass is 1020 g/mol. The third-order valence-corrected chi connectivity index (χ3v) is 14.0. The molecule has 0 bridgehead atoms. The van der Waals surface area contributed by atoms with Crippen molar-refractivity contribution in [2.45, 2.75) is 335 Å². The van der Waals surface area contributed by atoms with Crippen LogP contribution in [0.4, 0.5) is 0 Å². The van der Waals surface area contributed by atoms with Crippen LogP contribution in [0.3, 0.4) is 0 Å². The highest BCUT2D eigenvalue weighted by Crippen LogP contribution is 2.17. The molecule has 0 unspecified atom stereocenters. The summed E-state index contributed by atoms with van der Waals surface area (Å²) < 4.78 is 16.9. The molecule has 0 aromatic rings. The Kier molecular flexibility index (Phi) is 59.2. The predicted molar refractivity (Wildman–Crippen MR) is 316 cm³/mol. The molecule has 6 nitrogen and oxygen atoms in total. The number of ether oxygens (including phenoxy) is 3. The van der Waals surface area contributed by atoms with Crippen LogP contribution in [-0.4, -0.2) is 37.2 Å². The summed E-state index contributed by atoms with van der Waals surface area (Å²) in [5.74, 6) is -0.888. The van der Waals surface area contributed by atoms with Crippen LogP contribution < -0.4 is 0 Å². The number of allylic oxidation sites excluding steroid dienone is 10. The minimum atomic E-state index is -0.785. The van der Waals surface area contributed by atoms with Crippen molar-refractivity contribution < 1.29 is 28.6 Å². The summed E-state index contributed by atoms with van der Waals surface area (Å²) in [7, 11) is 0. The van der Waals surface area contributed by atoms with Crippen molar-refractivity contribution in [2.24, 2.45) is 0 Å². The molecular weight excluding hydrogens is 901 g/mol. The maximum absolute atomic E-state index is 12.9. The van der Waals surface area contributed by atoms with E-state index in [4.69, 9.17) is 14.2 Å². The lowest BCUT2D eigenvalue weighted by molar-refractivity contribution is -0.167. The van der Waals surface area contributed by atoms with Crippen LogP contribution in [0.25, 0.3) is 0 Å². The van der Waals surface area contributed by atoms with Gasteiger partial charge in [-0.25, -0.2) is 0 Å². The van der Waals surface area contributed by atoms with Crippen molar-refractivity contribution in [1.82, 2.24) is 0 Å². The predicted octanol–water partition coefficient (Wildman–Crippen LogP) is 21.6. The Balaban J connectivity index is 4.38. The SMILES string of the molecule is CCCCC/C=C\C/C=C\C/C=C\CCCCCCC(=O)OC[C@@H](COC(=O)CCCCCCCCCCC/C=C\C/C=C\CCCCC)OC(=O)CCCCCCCCCCCCCCCCCCCCC. The zero-order valence-corrected chi connectivity index (χ0v) is 48.7. The second kappa shape index (κ2) is 61.7. The van der Waals surface area contributed by atoms with Gasteiger partial charge in [-0.15, -0.1) is 0 Å². The van der Waals surface area contributed by atoms with Gasteiger partial charge in [-0.1, -0.05) is 281 Å². The second-order valence-electron chi connectivity index (χ2n) is 21.3. The van der Waals surface area contributed by atoms with E-state index in [-0.39, 0.29) is 31.1 Å². The standard InChI is InChI=1S/C67H120O6/c1-4-7-10-13-16-19-22-25-28-31-33-36-39-42-45-48-51-54-57-60-66(69)72-63-64(62-71-65(68)59-56-53-50-47-44-41-38-35-30-27-24-21-18-15-12-9-6-3)73-67(70)61-58-55-52-49-46-43-40-37-34-32-29-26-23-20-17-14-11-8-5-2/h16,18-19,21,25,27-28,30,38,41,64H,4-15,17,20,22-24,26,29,31-37,39-40,42-63H2,1-3H3/b19-16-,21-18-,28-25-,30-27-,41-38-/t64-/m0/s1. The average molecular weight is 1020 g/mol. The fraction of sp³-hybridized carbons (Fsp3) is 0.806. The number of hydrogen-bond acceptors (Lipinski definition) is 6. The molecule has 0 aliphatic carbocycles. The van der Waals surface area contributed by atoms with Crippen LogP contribution in [0, 0.1) is 0 Å². The first-order valence-corrected chi connectivity index (χ1v) is 31.8. The first-order valence-electron chi connectivity index (χ1n) is 31.8. The first-order chi connectivity index (χ1) is 36.0. The van der Waals surface area contributed by atoms with E-state index < -0.39 is 6.10 Å². The van der Waals surface area contributed by atoms with Crippen LogP contribution in [0.1, 0.15) is 329 Å². The van der Waals surface area contributed by atoms with Crippen molar-refractivity contribution >= 4 is 17.9 Å². The van der Waals surface area contributed by atoms with E-state index in [1.165, 1.54) is 199 Å². The highest BCUT2D eigenvalue weighted by Gasteiger charge is 2.19. The maximum Gasteiger partial charge on any atom is 0.306 e. The van der Waals surface area contributed by atoms with Gasteiger partial charge in [-0.05, 0) is 89.9 Å². The largest absolute Gasteiger partial charge is 0.462 e. The van der Waals surface area contributed by atoms with Crippen LogP contribution in [0.5, 0.6) is 0 Å². The first kappa shape index (κ1) is 70.1. The number of carbonyl (C=O) groups is 3. The molecule has 6 heteroatoms. The fourth-order valence-electron chi connectivity index (χ4n) is 9.19. The summed E-state index contributed by atoms with van der Waals surface area (Å²) in [4.78, 5) is 38.3. The molecule has 73 heavy (non-hydrogen) atoms. The van der Waals surface area contributed by atoms with E-state index in [1.807, 2.05) is 0 Å². The number of esters is 3.